The van der Waals surface area contributed by atoms with Gasteiger partial charge >= 0.3 is 5.97 Å². The highest BCUT2D eigenvalue weighted by Gasteiger charge is 2.34. The van der Waals surface area contributed by atoms with E-state index in [1.165, 1.54) is 24.3 Å². The number of non-ortho nitro benzene ring substituents is 1. The second-order valence-corrected chi connectivity index (χ2v) is 7.28. The predicted molar refractivity (Wildman–Crippen MR) is 91.8 cm³/mol. The van der Waals surface area contributed by atoms with Crippen LogP contribution in [0.4, 0.5) is 5.69 Å². The van der Waals surface area contributed by atoms with Crippen LogP contribution in [-0.2, 0) is 4.84 Å². The molecule has 1 aromatic rings. The molecule has 0 saturated heterocycles. The average Bonchev–Trinajstić information content (AvgIpc) is 2.58. The maximum Gasteiger partial charge on any atom is 0.365 e. The second-order valence-electron chi connectivity index (χ2n) is 7.28. The number of nitriles is 1. The lowest BCUT2D eigenvalue weighted by atomic mass is 9.69. The summed E-state index contributed by atoms with van der Waals surface area (Å²) in [6.45, 7) is 6.47. The SMILES string of the molecule is CC(C)(C)[C@@H]1CC/C(=N\OC(=O)c2ccc([N+](=O)[O-])cc2)[C@@H](C#N)C1. The Kier molecular flexibility index (Phi) is 5.52. The molecule has 0 N–H and O–H groups in total. The van der Waals surface area contributed by atoms with Crippen molar-refractivity contribution in [1.82, 2.24) is 0 Å². The van der Waals surface area contributed by atoms with Gasteiger partial charge in [0.05, 0.1) is 28.2 Å². The second kappa shape index (κ2) is 7.43. The first kappa shape index (κ1) is 18.6. The Bertz CT molecular complexity index is 726. The number of nitro benzene ring substituents is 1. The van der Waals surface area contributed by atoms with Crippen molar-refractivity contribution in [3.63, 3.8) is 0 Å². The lowest BCUT2D eigenvalue weighted by Crippen LogP contribution is -2.31. The topological polar surface area (TPSA) is 106 Å². The van der Waals surface area contributed by atoms with Gasteiger partial charge < -0.3 is 4.84 Å². The van der Waals surface area contributed by atoms with Gasteiger partial charge in [0, 0.05) is 12.1 Å². The zero-order valence-corrected chi connectivity index (χ0v) is 14.6. The van der Waals surface area contributed by atoms with Crippen LogP contribution in [0.1, 0.15) is 50.4 Å². The monoisotopic (exact) mass is 343 g/mol. The summed E-state index contributed by atoms with van der Waals surface area (Å²) in [5.41, 5.74) is 0.772. The summed E-state index contributed by atoms with van der Waals surface area (Å²) in [5.74, 6) is -0.638. The summed E-state index contributed by atoms with van der Waals surface area (Å²) in [6, 6.07) is 7.34. The first-order valence-corrected chi connectivity index (χ1v) is 8.14. The maximum absolute atomic E-state index is 12.0. The van der Waals surface area contributed by atoms with Gasteiger partial charge in [0.2, 0.25) is 0 Å². The summed E-state index contributed by atoms with van der Waals surface area (Å²) in [5, 5.41) is 23.9. The molecule has 7 heteroatoms. The smallest absolute Gasteiger partial charge is 0.313 e. The minimum absolute atomic E-state index is 0.104. The van der Waals surface area contributed by atoms with E-state index in [1.54, 1.807) is 0 Å². The van der Waals surface area contributed by atoms with Crippen LogP contribution in [0.2, 0.25) is 0 Å². The van der Waals surface area contributed by atoms with Gasteiger partial charge in [-0.3, -0.25) is 10.1 Å². The van der Waals surface area contributed by atoms with Gasteiger partial charge in [-0.15, -0.1) is 0 Å². The highest BCUT2D eigenvalue weighted by atomic mass is 16.7. The maximum atomic E-state index is 12.0. The van der Waals surface area contributed by atoms with Crippen molar-refractivity contribution in [2.45, 2.75) is 40.0 Å². The Morgan fingerprint density at radius 1 is 1.36 bits per heavy atom. The van der Waals surface area contributed by atoms with Crippen molar-refractivity contribution in [2.24, 2.45) is 22.4 Å². The number of rotatable bonds is 3. The van der Waals surface area contributed by atoms with Gasteiger partial charge in [-0.2, -0.15) is 5.26 Å². The fourth-order valence-electron chi connectivity index (χ4n) is 2.93. The van der Waals surface area contributed by atoms with Crippen molar-refractivity contribution in [3.05, 3.63) is 39.9 Å². The minimum atomic E-state index is -0.697. The molecule has 0 radical (unpaired) electrons. The van der Waals surface area contributed by atoms with Crippen LogP contribution < -0.4 is 0 Å². The Labute approximate surface area is 146 Å². The van der Waals surface area contributed by atoms with E-state index < -0.39 is 10.9 Å². The molecule has 0 aromatic heterocycles. The molecular weight excluding hydrogens is 322 g/mol. The first-order chi connectivity index (χ1) is 11.7. The molecule has 0 bridgehead atoms. The molecule has 0 amide bonds. The number of benzene rings is 1. The molecule has 0 unspecified atom stereocenters. The molecule has 0 heterocycles. The number of carbonyl (C=O) groups excluding carboxylic acids is 1. The summed E-state index contributed by atoms with van der Waals surface area (Å²) in [4.78, 5) is 27.0. The largest absolute Gasteiger partial charge is 0.365 e. The molecule has 2 rings (SSSR count). The van der Waals surface area contributed by atoms with E-state index in [2.05, 4.69) is 32.0 Å². The van der Waals surface area contributed by atoms with Crippen LogP contribution >= 0.6 is 0 Å². The molecule has 0 aliphatic heterocycles. The Balaban J connectivity index is 2.04. The number of hydrogen-bond donors (Lipinski definition) is 0. The van der Waals surface area contributed by atoms with Gasteiger partial charge in [0.1, 0.15) is 0 Å². The van der Waals surface area contributed by atoms with Crippen LogP contribution in [0, 0.1) is 38.7 Å². The van der Waals surface area contributed by atoms with Gasteiger partial charge in [-0.25, -0.2) is 4.79 Å². The average molecular weight is 343 g/mol. The molecule has 132 valence electrons. The van der Waals surface area contributed by atoms with Crippen LogP contribution in [0.15, 0.2) is 29.4 Å². The highest BCUT2D eigenvalue weighted by Crippen LogP contribution is 2.39. The highest BCUT2D eigenvalue weighted by molar-refractivity contribution is 5.92. The quantitative estimate of drug-likeness (QED) is 0.467. The lowest BCUT2D eigenvalue weighted by molar-refractivity contribution is -0.384. The van der Waals surface area contributed by atoms with Gasteiger partial charge in [-0.1, -0.05) is 25.9 Å². The fraction of sp³-hybridized carbons (Fsp3) is 0.500. The summed E-state index contributed by atoms with van der Waals surface area (Å²) >= 11 is 0. The third-order valence-electron chi connectivity index (χ3n) is 4.61. The van der Waals surface area contributed by atoms with Gasteiger partial charge in [-0.05, 0) is 42.7 Å². The zero-order chi connectivity index (χ0) is 18.6. The molecule has 1 aliphatic carbocycles. The minimum Gasteiger partial charge on any atom is -0.313 e. The zero-order valence-electron chi connectivity index (χ0n) is 14.6. The third kappa shape index (κ3) is 4.63. The Hall–Kier alpha value is -2.75. The summed E-state index contributed by atoms with van der Waals surface area (Å²) in [7, 11) is 0. The van der Waals surface area contributed by atoms with Crippen molar-refractivity contribution >= 4 is 17.4 Å². The van der Waals surface area contributed by atoms with E-state index in [0.29, 0.717) is 24.5 Å². The van der Waals surface area contributed by atoms with Crippen LogP contribution in [0.3, 0.4) is 0 Å². The van der Waals surface area contributed by atoms with Gasteiger partial charge in [0.15, 0.2) is 0 Å². The van der Waals surface area contributed by atoms with E-state index in [0.717, 1.165) is 6.42 Å². The Morgan fingerprint density at radius 3 is 2.52 bits per heavy atom. The van der Waals surface area contributed by atoms with E-state index in [4.69, 9.17) is 4.84 Å². The third-order valence-corrected chi connectivity index (χ3v) is 4.61. The van der Waals surface area contributed by atoms with Crippen molar-refractivity contribution < 1.29 is 14.6 Å². The number of oxime groups is 1. The Morgan fingerprint density at radius 2 is 2.00 bits per heavy atom. The lowest BCUT2D eigenvalue weighted by Gasteiger charge is -2.35. The number of nitrogens with zero attached hydrogens (tertiary/aromatic N) is 3. The van der Waals surface area contributed by atoms with E-state index in [1.807, 2.05) is 0 Å². The molecule has 1 fully saturated rings. The van der Waals surface area contributed by atoms with Crippen molar-refractivity contribution in [1.29, 1.82) is 5.26 Å². The number of hydrogen-bond acceptors (Lipinski definition) is 6. The molecule has 0 spiro atoms. The van der Waals surface area contributed by atoms with E-state index in [9.17, 15) is 20.2 Å². The normalized spacial score (nSPS) is 22.2. The molecular formula is C18H21N3O4. The number of carbonyl (C=O) groups is 1. The molecule has 25 heavy (non-hydrogen) atoms. The summed E-state index contributed by atoms with van der Waals surface area (Å²) < 4.78 is 0. The van der Waals surface area contributed by atoms with Crippen molar-refractivity contribution in [3.8, 4) is 6.07 Å². The molecule has 7 nitrogen and oxygen atoms in total. The van der Waals surface area contributed by atoms with Crippen LogP contribution in [0.25, 0.3) is 0 Å². The van der Waals surface area contributed by atoms with E-state index in [-0.39, 0.29) is 22.6 Å². The predicted octanol–water partition coefficient (Wildman–Crippen LogP) is 4.09. The standard InChI is InChI=1S/C18H21N3O4/c1-18(2,3)14-6-9-16(13(10-14)11-19)20-25-17(22)12-4-7-15(8-5-12)21(23)24/h4-5,7-8,13-14H,6,9-10H2,1-3H3/b20-16+/t13-,14-/m1/s1. The van der Waals surface area contributed by atoms with Crippen LogP contribution in [-0.4, -0.2) is 16.6 Å². The first-order valence-electron chi connectivity index (χ1n) is 8.14. The van der Waals surface area contributed by atoms with E-state index >= 15 is 0 Å². The molecule has 1 saturated carbocycles. The molecule has 1 aromatic carbocycles. The van der Waals surface area contributed by atoms with Crippen LogP contribution in [0.5, 0.6) is 0 Å². The fourth-order valence-corrected chi connectivity index (χ4v) is 2.93. The molecule has 2 atom stereocenters. The van der Waals surface area contributed by atoms with Crippen molar-refractivity contribution in [2.75, 3.05) is 0 Å². The number of nitro groups is 1. The van der Waals surface area contributed by atoms with Gasteiger partial charge in [0.25, 0.3) is 5.69 Å². The summed E-state index contributed by atoms with van der Waals surface area (Å²) in [6.07, 6.45) is 2.22. The molecule has 1 aliphatic rings.